The lowest BCUT2D eigenvalue weighted by Crippen LogP contribution is -2.10. The summed E-state index contributed by atoms with van der Waals surface area (Å²) in [6.07, 6.45) is 9.10. The molecule has 1 aromatic heterocycles. The van der Waals surface area contributed by atoms with Crippen LogP contribution in [0.2, 0.25) is 0 Å². The highest BCUT2D eigenvalue weighted by Gasteiger charge is 2.21. The summed E-state index contributed by atoms with van der Waals surface area (Å²) in [6, 6.07) is 86.3. The maximum Gasteiger partial charge on any atom is 0.0547 e. The number of benzene rings is 10. The van der Waals surface area contributed by atoms with E-state index in [1.807, 2.05) is 0 Å². The number of anilines is 3. The first-order chi connectivity index (χ1) is 32.7. The fraction of sp³-hybridized carbons (Fsp3) is 0.0312. The molecule has 0 radical (unpaired) electrons. The number of rotatable bonds is 9. The number of aromatic nitrogens is 1. The third-order valence-electron chi connectivity index (χ3n) is 13.2. The number of nitrogens with zero attached hydrogens (tertiary/aromatic N) is 2. The van der Waals surface area contributed by atoms with Crippen LogP contribution in [-0.4, -0.2) is 4.57 Å². The maximum atomic E-state index is 2.47. The normalized spacial score (nSPS) is 12.5. The van der Waals surface area contributed by atoms with Gasteiger partial charge in [0.2, 0.25) is 0 Å². The summed E-state index contributed by atoms with van der Waals surface area (Å²) in [5.41, 5.74) is 19.0. The van der Waals surface area contributed by atoms with Gasteiger partial charge in [0, 0.05) is 33.5 Å². The van der Waals surface area contributed by atoms with Crippen molar-refractivity contribution in [3.63, 3.8) is 0 Å². The minimum atomic E-state index is 1.04. The summed E-state index contributed by atoms with van der Waals surface area (Å²) >= 11 is 0. The molecule has 10 aromatic carbocycles. The first-order valence-electron chi connectivity index (χ1n) is 23.0. The summed E-state index contributed by atoms with van der Waals surface area (Å²) in [4.78, 5) is 2.40. The van der Waals surface area contributed by atoms with E-state index in [1.54, 1.807) is 0 Å². The van der Waals surface area contributed by atoms with Crippen LogP contribution in [0.15, 0.2) is 255 Å². The van der Waals surface area contributed by atoms with Crippen LogP contribution < -0.4 is 4.90 Å². The molecule has 1 aliphatic carbocycles. The first-order valence-corrected chi connectivity index (χ1v) is 23.0. The Hall–Kier alpha value is -8.46. The topological polar surface area (TPSA) is 8.17 Å². The van der Waals surface area contributed by atoms with Gasteiger partial charge in [0.25, 0.3) is 0 Å². The third-order valence-corrected chi connectivity index (χ3v) is 13.2. The van der Waals surface area contributed by atoms with E-state index < -0.39 is 0 Å². The highest BCUT2D eigenvalue weighted by Crippen LogP contribution is 2.45. The van der Waals surface area contributed by atoms with Gasteiger partial charge in [-0.25, -0.2) is 0 Å². The number of hydrogen-bond acceptors (Lipinski definition) is 1. The zero-order chi connectivity index (χ0) is 43.8. The average molecular weight is 843 g/mol. The highest BCUT2D eigenvalue weighted by atomic mass is 15.1. The molecule has 0 amide bonds. The Morgan fingerprint density at radius 3 is 1.59 bits per heavy atom. The van der Waals surface area contributed by atoms with Crippen LogP contribution in [0.4, 0.5) is 17.1 Å². The second-order valence-electron chi connectivity index (χ2n) is 17.2. The van der Waals surface area contributed by atoms with Crippen molar-refractivity contribution in [2.75, 3.05) is 4.90 Å². The number of hydrogen-bond donors (Lipinski definition) is 0. The summed E-state index contributed by atoms with van der Waals surface area (Å²) < 4.78 is 2.47. The molecule has 0 unspecified atom stereocenters. The van der Waals surface area contributed by atoms with Gasteiger partial charge in [0.05, 0.1) is 11.0 Å². The molecule has 0 saturated heterocycles. The van der Waals surface area contributed by atoms with E-state index in [9.17, 15) is 0 Å². The zero-order valence-electron chi connectivity index (χ0n) is 36.6. The van der Waals surface area contributed by atoms with Crippen LogP contribution >= 0.6 is 0 Å². The molecule has 0 aliphatic heterocycles. The number of allylic oxidation sites excluding steroid dienone is 4. The van der Waals surface area contributed by atoms with Crippen LogP contribution in [-0.2, 0) is 0 Å². The van der Waals surface area contributed by atoms with E-state index in [1.165, 1.54) is 93.9 Å². The minimum absolute atomic E-state index is 1.04. The molecular weight excluding hydrogens is 797 g/mol. The molecule has 66 heavy (non-hydrogen) atoms. The van der Waals surface area contributed by atoms with Gasteiger partial charge in [-0.3, -0.25) is 0 Å². The Morgan fingerprint density at radius 1 is 0.333 bits per heavy atom. The van der Waals surface area contributed by atoms with E-state index in [0.29, 0.717) is 0 Å². The Kier molecular flexibility index (Phi) is 10.0. The lowest BCUT2D eigenvalue weighted by molar-refractivity contribution is 1.02. The third kappa shape index (κ3) is 7.10. The van der Waals surface area contributed by atoms with E-state index in [4.69, 9.17) is 0 Å². The molecule has 1 aliphatic rings. The van der Waals surface area contributed by atoms with Crippen LogP contribution in [0.1, 0.15) is 12.8 Å². The van der Waals surface area contributed by atoms with Gasteiger partial charge < -0.3 is 9.47 Å². The maximum absolute atomic E-state index is 2.47. The van der Waals surface area contributed by atoms with Crippen molar-refractivity contribution in [1.29, 1.82) is 0 Å². The molecule has 2 nitrogen and oxygen atoms in total. The first kappa shape index (κ1) is 39.2. The zero-order valence-corrected chi connectivity index (χ0v) is 36.6. The highest BCUT2D eigenvalue weighted by molar-refractivity contribution is 6.25. The molecule has 0 bridgehead atoms. The van der Waals surface area contributed by atoms with Crippen molar-refractivity contribution < 1.29 is 0 Å². The Bertz CT molecular complexity index is 3610. The SMILES string of the molecule is C1=CC(n2c3cccc(-c4cccc(N(c5ccc(-c6cccc(-c7ccccc7)c6)cc5)c5ccc(-c6ccccc6-c6ccccc6)cc5)c4)c3c3c4ccccc4ccc32)=CCC1. The van der Waals surface area contributed by atoms with Gasteiger partial charge in [-0.2, -0.15) is 0 Å². The van der Waals surface area contributed by atoms with Crippen molar-refractivity contribution in [2.45, 2.75) is 12.8 Å². The van der Waals surface area contributed by atoms with E-state index >= 15 is 0 Å². The summed E-state index contributed by atoms with van der Waals surface area (Å²) in [7, 11) is 0. The van der Waals surface area contributed by atoms with E-state index in [2.05, 4.69) is 264 Å². The van der Waals surface area contributed by atoms with Gasteiger partial charge in [-0.1, -0.05) is 194 Å². The van der Waals surface area contributed by atoms with Crippen LogP contribution in [0.5, 0.6) is 0 Å². The second kappa shape index (κ2) is 16.9. The standard InChI is InChI=1S/C64H46N2/c1-4-17-45(18-5-1)50-22-14-23-51(43-50)46-33-38-54(39-34-46)65(55-40-35-49(36-41-55)58-29-13-12-28-57(58)47-19-6-2-7-20-47)56-27-15-24-52(44-56)60-31-16-32-61-64(60)63-59-30-11-10-21-48(59)37-42-62(63)66(61)53-25-8-3-9-26-53/h1-2,4-8,10-44H,3,9H2. The Morgan fingerprint density at radius 2 is 0.879 bits per heavy atom. The van der Waals surface area contributed by atoms with E-state index in [0.717, 1.165) is 29.9 Å². The summed E-state index contributed by atoms with van der Waals surface area (Å²) in [5, 5.41) is 5.08. The van der Waals surface area contributed by atoms with Gasteiger partial charge in [0.1, 0.15) is 0 Å². The molecule has 11 aromatic rings. The number of fused-ring (bicyclic) bond motifs is 5. The van der Waals surface area contributed by atoms with Gasteiger partial charge in [0.15, 0.2) is 0 Å². The predicted molar refractivity (Wildman–Crippen MR) is 281 cm³/mol. The lowest BCUT2D eigenvalue weighted by Gasteiger charge is -2.26. The fourth-order valence-corrected chi connectivity index (χ4v) is 10.1. The molecule has 12 rings (SSSR count). The van der Waals surface area contributed by atoms with Gasteiger partial charge >= 0.3 is 0 Å². The molecule has 2 heteroatoms. The molecule has 312 valence electrons. The molecule has 0 N–H and O–H groups in total. The van der Waals surface area contributed by atoms with Crippen molar-refractivity contribution in [1.82, 2.24) is 4.57 Å². The minimum Gasteiger partial charge on any atom is -0.310 e. The Balaban J connectivity index is 1.00. The molecule has 1 heterocycles. The van der Waals surface area contributed by atoms with E-state index in [-0.39, 0.29) is 0 Å². The van der Waals surface area contributed by atoms with Crippen LogP contribution in [0.3, 0.4) is 0 Å². The predicted octanol–water partition coefficient (Wildman–Crippen LogP) is 17.9. The van der Waals surface area contributed by atoms with Crippen LogP contribution in [0.25, 0.3) is 93.9 Å². The molecule has 0 spiro atoms. The van der Waals surface area contributed by atoms with Crippen LogP contribution in [0, 0.1) is 0 Å². The monoisotopic (exact) mass is 842 g/mol. The second-order valence-corrected chi connectivity index (χ2v) is 17.2. The van der Waals surface area contributed by atoms with Crippen molar-refractivity contribution in [2.24, 2.45) is 0 Å². The van der Waals surface area contributed by atoms with Crippen molar-refractivity contribution >= 4 is 55.3 Å². The Labute approximate surface area is 386 Å². The smallest absolute Gasteiger partial charge is 0.0547 e. The molecular formula is C64H46N2. The average Bonchev–Trinajstić information content (AvgIpc) is 3.75. The summed E-state index contributed by atoms with van der Waals surface area (Å²) in [6.45, 7) is 0. The van der Waals surface area contributed by atoms with Gasteiger partial charge in [-0.05, 0) is 140 Å². The fourth-order valence-electron chi connectivity index (χ4n) is 10.1. The molecule has 0 fully saturated rings. The molecule has 0 atom stereocenters. The quantitative estimate of drug-likeness (QED) is 0.141. The van der Waals surface area contributed by atoms with Gasteiger partial charge in [-0.15, -0.1) is 0 Å². The largest absolute Gasteiger partial charge is 0.310 e. The molecule has 0 saturated carbocycles. The summed E-state index contributed by atoms with van der Waals surface area (Å²) in [5.74, 6) is 0. The lowest BCUT2D eigenvalue weighted by atomic mass is 9.94. The van der Waals surface area contributed by atoms with Crippen molar-refractivity contribution in [3.8, 4) is 55.6 Å². The van der Waals surface area contributed by atoms with Crippen molar-refractivity contribution in [3.05, 3.63) is 255 Å².